The molecule has 1 aromatic carbocycles. The second kappa shape index (κ2) is 8.60. The summed E-state index contributed by atoms with van der Waals surface area (Å²) in [6, 6.07) is 16.8. The summed E-state index contributed by atoms with van der Waals surface area (Å²) in [5.41, 5.74) is 1.76. The van der Waals surface area contributed by atoms with E-state index >= 15 is 0 Å². The highest BCUT2D eigenvalue weighted by Gasteiger charge is 2.13. The summed E-state index contributed by atoms with van der Waals surface area (Å²) in [5.74, 6) is 2.75. The predicted octanol–water partition coefficient (Wildman–Crippen LogP) is 5.07. The molecule has 4 aromatic heterocycles. The SMILES string of the molecule is Cn1ccnc1-c1cc2nccc(Oc3ccc(CC(=O)Nc4ccccn4)cc3)c2s1. The minimum absolute atomic E-state index is 0.117. The van der Waals surface area contributed by atoms with E-state index in [0.717, 1.165) is 32.2 Å². The van der Waals surface area contributed by atoms with E-state index in [1.165, 1.54) is 0 Å². The van der Waals surface area contributed by atoms with Gasteiger partial charge in [-0.3, -0.25) is 9.78 Å². The van der Waals surface area contributed by atoms with Gasteiger partial charge in [-0.15, -0.1) is 11.3 Å². The molecule has 4 heterocycles. The fourth-order valence-electron chi connectivity index (χ4n) is 3.32. The average molecular weight is 442 g/mol. The van der Waals surface area contributed by atoms with E-state index in [2.05, 4.69) is 20.3 Å². The number of thiophene rings is 1. The minimum Gasteiger partial charge on any atom is -0.456 e. The highest BCUT2D eigenvalue weighted by atomic mass is 32.1. The van der Waals surface area contributed by atoms with Crippen LogP contribution < -0.4 is 10.1 Å². The third-order valence-electron chi connectivity index (χ3n) is 4.87. The van der Waals surface area contributed by atoms with E-state index in [9.17, 15) is 4.79 Å². The van der Waals surface area contributed by atoms with Crippen LogP contribution in [0.1, 0.15) is 5.56 Å². The monoisotopic (exact) mass is 441 g/mol. The first-order chi connectivity index (χ1) is 15.7. The Morgan fingerprint density at radius 2 is 1.91 bits per heavy atom. The Morgan fingerprint density at radius 3 is 2.66 bits per heavy atom. The van der Waals surface area contributed by atoms with Gasteiger partial charge in [0.1, 0.15) is 23.1 Å². The predicted molar refractivity (Wildman–Crippen MR) is 125 cm³/mol. The number of amides is 1. The van der Waals surface area contributed by atoms with Crippen molar-refractivity contribution in [2.24, 2.45) is 7.05 Å². The number of carbonyl (C=O) groups excluding carboxylic acids is 1. The fourth-order valence-corrected chi connectivity index (χ4v) is 4.42. The maximum Gasteiger partial charge on any atom is 0.229 e. The zero-order valence-electron chi connectivity index (χ0n) is 17.2. The Labute approximate surface area is 188 Å². The number of nitrogens with one attached hydrogen (secondary N) is 1. The zero-order chi connectivity index (χ0) is 21.9. The van der Waals surface area contributed by atoms with E-state index in [1.807, 2.05) is 60.3 Å². The molecule has 0 saturated carbocycles. The molecular weight excluding hydrogens is 422 g/mol. The number of ether oxygens (including phenoxy) is 1. The largest absolute Gasteiger partial charge is 0.456 e. The summed E-state index contributed by atoms with van der Waals surface area (Å²) in [7, 11) is 1.97. The number of nitrogens with zero attached hydrogens (tertiary/aromatic N) is 4. The van der Waals surface area contributed by atoms with Gasteiger partial charge in [0.05, 0.1) is 21.5 Å². The second-order valence-corrected chi connectivity index (χ2v) is 8.23. The maximum atomic E-state index is 12.2. The lowest BCUT2D eigenvalue weighted by Gasteiger charge is -2.08. The summed E-state index contributed by atoms with van der Waals surface area (Å²) in [6.45, 7) is 0. The van der Waals surface area contributed by atoms with Crippen LogP contribution in [0.2, 0.25) is 0 Å². The molecule has 158 valence electrons. The molecule has 0 radical (unpaired) electrons. The molecule has 1 amide bonds. The van der Waals surface area contributed by atoms with Gasteiger partial charge in [0.15, 0.2) is 0 Å². The van der Waals surface area contributed by atoms with E-state index < -0.39 is 0 Å². The van der Waals surface area contributed by atoms with Crippen LogP contribution in [0, 0.1) is 0 Å². The van der Waals surface area contributed by atoms with E-state index in [1.54, 1.807) is 42.1 Å². The third-order valence-corrected chi connectivity index (χ3v) is 6.00. The van der Waals surface area contributed by atoms with Gasteiger partial charge in [-0.1, -0.05) is 18.2 Å². The number of fused-ring (bicyclic) bond motifs is 1. The smallest absolute Gasteiger partial charge is 0.229 e. The molecule has 5 aromatic rings. The van der Waals surface area contributed by atoms with Crippen LogP contribution in [0.5, 0.6) is 11.5 Å². The standard InChI is InChI=1S/C24H19N5O2S/c1-29-13-12-27-24(29)20-15-18-23(32-20)19(9-11-25-18)31-17-7-5-16(6-8-17)14-22(30)28-21-4-2-3-10-26-21/h2-13,15H,14H2,1H3,(H,26,28,30). The van der Waals surface area contributed by atoms with Crippen molar-refractivity contribution >= 4 is 33.3 Å². The molecule has 0 aliphatic rings. The van der Waals surface area contributed by atoms with Crippen molar-refractivity contribution in [3.8, 4) is 22.2 Å². The van der Waals surface area contributed by atoms with Crippen LogP contribution in [-0.2, 0) is 18.3 Å². The first kappa shape index (κ1) is 19.9. The molecule has 5 rings (SSSR count). The van der Waals surface area contributed by atoms with Crippen LogP contribution in [-0.4, -0.2) is 25.4 Å². The number of rotatable bonds is 6. The summed E-state index contributed by atoms with van der Waals surface area (Å²) in [6.07, 6.45) is 7.34. The highest BCUT2D eigenvalue weighted by Crippen LogP contribution is 2.38. The lowest BCUT2D eigenvalue weighted by atomic mass is 10.1. The quantitative estimate of drug-likeness (QED) is 0.398. The lowest BCUT2D eigenvalue weighted by Crippen LogP contribution is -2.15. The number of pyridine rings is 2. The Bertz CT molecular complexity index is 1380. The molecule has 0 spiro atoms. The van der Waals surface area contributed by atoms with Gasteiger partial charge in [-0.25, -0.2) is 9.97 Å². The zero-order valence-corrected chi connectivity index (χ0v) is 18.0. The minimum atomic E-state index is -0.117. The van der Waals surface area contributed by atoms with Crippen molar-refractivity contribution in [2.75, 3.05) is 5.32 Å². The van der Waals surface area contributed by atoms with Crippen molar-refractivity contribution in [3.63, 3.8) is 0 Å². The molecule has 0 aliphatic heterocycles. The maximum absolute atomic E-state index is 12.2. The van der Waals surface area contributed by atoms with Crippen LogP contribution in [0.25, 0.3) is 20.9 Å². The molecule has 7 nitrogen and oxygen atoms in total. The van der Waals surface area contributed by atoms with Gasteiger partial charge in [-0.2, -0.15) is 0 Å². The van der Waals surface area contributed by atoms with E-state index in [4.69, 9.17) is 4.74 Å². The van der Waals surface area contributed by atoms with Crippen LogP contribution in [0.4, 0.5) is 5.82 Å². The number of aromatic nitrogens is 4. The molecule has 8 heteroatoms. The van der Waals surface area contributed by atoms with Gasteiger partial charge in [0.2, 0.25) is 5.91 Å². The van der Waals surface area contributed by atoms with Crippen molar-refractivity contribution in [3.05, 3.63) is 84.9 Å². The molecule has 0 aliphatic carbocycles. The molecule has 0 bridgehead atoms. The molecule has 1 N–H and O–H groups in total. The van der Waals surface area contributed by atoms with Gasteiger partial charge in [0, 0.05) is 37.9 Å². The number of imidazole rings is 1. The molecular formula is C24H19N5O2S. The van der Waals surface area contributed by atoms with Crippen molar-refractivity contribution < 1.29 is 9.53 Å². The topological polar surface area (TPSA) is 81.9 Å². The van der Waals surface area contributed by atoms with Crippen molar-refractivity contribution in [1.29, 1.82) is 0 Å². The number of carbonyl (C=O) groups is 1. The van der Waals surface area contributed by atoms with Crippen LogP contribution in [0.15, 0.2) is 79.4 Å². The number of hydrogen-bond donors (Lipinski definition) is 1. The van der Waals surface area contributed by atoms with Gasteiger partial charge >= 0.3 is 0 Å². The second-order valence-electron chi connectivity index (χ2n) is 7.18. The Balaban J connectivity index is 1.31. The summed E-state index contributed by atoms with van der Waals surface area (Å²) < 4.78 is 9.08. The van der Waals surface area contributed by atoms with E-state index in [0.29, 0.717) is 11.6 Å². The Kier molecular flexibility index (Phi) is 5.35. The van der Waals surface area contributed by atoms with Crippen LogP contribution >= 0.6 is 11.3 Å². The normalized spacial score (nSPS) is 10.9. The van der Waals surface area contributed by atoms with Gasteiger partial charge < -0.3 is 14.6 Å². The summed E-state index contributed by atoms with van der Waals surface area (Å²) in [4.78, 5) is 26.3. The summed E-state index contributed by atoms with van der Waals surface area (Å²) >= 11 is 1.60. The highest BCUT2D eigenvalue weighted by molar-refractivity contribution is 7.22. The molecule has 0 saturated heterocycles. The summed E-state index contributed by atoms with van der Waals surface area (Å²) in [5, 5.41) is 2.79. The third kappa shape index (κ3) is 4.21. The van der Waals surface area contributed by atoms with Crippen molar-refractivity contribution in [2.45, 2.75) is 6.42 Å². The lowest BCUT2D eigenvalue weighted by molar-refractivity contribution is -0.115. The molecule has 32 heavy (non-hydrogen) atoms. The number of aryl methyl sites for hydroxylation is 1. The number of hydrogen-bond acceptors (Lipinski definition) is 6. The molecule has 0 fully saturated rings. The average Bonchev–Trinajstić information content (AvgIpc) is 3.42. The number of benzene rings is 1. The van der Waals surface area contributed by atoms with E-state index in [-0.39, 0.29) is 12.3 Å². The van der Waals surface area contributed by atoms with Gasteiger partial charge in [0.25, 0.3) is 0 Å². The van der Waals surface area contributed by atoms with Crippen LogP contribution in [0.3, 0.4) is 0 Å². The fraction of sp³-hybridized carbons (Fsp3) is 0.0833. The molecule has 0 atom stereocenters. The first-order valence-corrected chi connectivity index (χ1v) is 10.8. The van der Waals surface area contributed by atoms with Crippen molar-refractivity contribution in [1.82, 2.24) is 19.5 Å². The molecule has 0 unspecified atom stereocenters. The number of anilines is 1. The Hall–Kier alpha value is -4.04. The van der Waals surface area contributed by atoms with Gasteiger partial charge in [-0.05, 0) is 35.9 Å². The first-order valence-electron chi connectivity index (χ1n) is 9.99. The Morgan fingerprint density at radius 1 is 1.03 bits per heavy atom.